The van der Waals surface area contributed by atoms with E-state index in [0.29, 0.717) is 12.1 Å². The third kappa shape index (κ3) is 2.79. The second-order valence-electron chi connectivity index (χ2n) is 3.78. The number of imidazole rings is 1. The predicted molar refractivity (Wildman–Crippen MR) is 64.3 cm³/mol. The first-order chi connectivity index (χ1) is 8.66. The Labute approximate surface area is 103 Å². The summed E-state index contributed by atoms with van der Waals surface area (Å²) in [6.45, 7) is 0.515. The van der Waals surface area contributed by atoms with Gasteiger partial charge >= 0.3 is 0 Å². The third-order valence-corrected chi connectivity index (χ3v) is 2.54. The highest BCUT2D eigenvalue weighted by molar-refractivity contribution is 5.96. The normalized spacial score (nSPS) is 10.2. The van der Waals surface area contributed by atoms with Gasteiger partial charge in [0.25, 0.3) is 5.69 Å². The molecule has 1 heterocycles. The van der Waals surface area contributed by atoms with Crippen molar-refractivity contribution in [1.29, 1.82) is 0 Å². The summed E-state index contributed by atoms with van der Waals surface area (Å²) in [6, 6.07) is 5.77. The van der Waals surface area contributed by atoms with E-state index in [1.807, 2.05) is 0 Å². The van der Waals surface area contributed by atoms with Crippen molar-refractivity contribution in [2.45, 2.75) is 13.0 Å². The molecule has 0 saturated heterocycles. The van der Waals surface area contributed by atoms with E-state index in [0.717, 1.165) is 0 Å². The number of benzene rings is 1. The van der Waals surface area contributed by atoms with Crippen LogP contribution in [0.1, 0.15) is 16.8 Å². The molecule has 92 valence electrons. The van der Waals surface area contributed by atoms with Gasteiger partial charge in [0, 0.05) is 43.1 Å². The molecule has 6 heteroatoms. The summed E-state index contributed by atoms with van der Waals surface area (Å²) in [7, 11) is 0. The quantitative estimate of drug-likeness (QED) is 0.459. The van der Waals surface area contributed by atoms with Gasteiger partial charge in [-0.05, 0) is 0 Å². The van der Waals surface area contributed by atoms with E-state index < -0.39 is 4.92 Å². The molecule has 1 aromatic carbocycles. The van der Waals surface area contributed by atoms with Gasteiger partial charge in [-0.25, -0.2) is 4.98 Å². The molecule has 0 saturated carbocycles. The average molecular weight is 245 g/mol. The molecule has 0 unspecified atom stereocenters. The molecule has 1 aromatic heterocycles. The molecule has 0 radical (unpaired) electrons. The first kappa shape index (κ1) is 12.0. The van der Waals surface area contributed by atoms with Crippen molar-refractivity contribution in [2.24, 2.45) is 0 Å². The van der Waals surface area contributed by atoms with Crippen LogP contribution in [-0.2, 0) is 6.54 Å². The molecule has 0 fully saturated rings. The van der Waals surface area contributed by atoms with E-state index >= 15 is 0 Å². The minimum atomic E-state index is -0.507. The van der Waals surface area contributed by atoms with Crippen molar-refractivity contribution in [3.05, 3.63) is 58.7 Å². The zero-order chi connectivity index (χ0) is 13.0. The van der Waals surface area contributed by atoms with Gasteiger partial charge in [0.2, 0.25) is 0 Å². The summed E-state index contributed by atoms with van der Waals surface area (Å²) in [4.78, 5) is 25.8. The molecule has 0 amide bonds. The first-order valence-electron chi connectivity index (χ1n) is 5.40. The Kier molecular flexibility index (Phi) is 3.47. The number of nitro groups is 1. The lowest BCUT2D eigenvalue weighted by atomic mass is 10.1. The summed E-state index contributed by atoms with van der Waals surface area (Å²) in [5, 5.41) is 10.6. The van der Waals surface area contributed by atoms with Gasteiger partial charge in [-0.1, -0.05) is 12.1 Å². The highest BCUT2D eigenvalue weighted by atomic mass is 16.6. The fourth-order valence-corrected chi connectivity index (χ4v) is 1.59. The molecule has 0 spiro atoms. The number of hydrogen-bond donors (Lipinski definition) is 0. The highest BCUT2D eigenvalue weighted by Gasteiger charge is 2.11. The van der Waals surface area contributed by atoms with Crippen molar-refractivity contribution in [1.82, 2.24) is 9.55 Å². The lowest BCUT2D eigenvalue weighted by Crippen LogP contribution is -2.05. The summed E-state index contributed by atoms with van der Waals surface area (Å²) in [6.07, 6.45) is 5.32. The van der Waals surface area contributed by atoms with Gasteiger partial charge in [0.15, 0.2) is 5.78 Å². The minimum Gasteiger partial charge on any atom is -0.337 e. The lowest BCUT2D eigenvalue weighted by Gasteiger charge is -2.02. The maximum absolute atomic E-state index is 11.9. The van der Waals surface area contributed by atoms with Crippen LogP contribution >= 0.6 is 0 Å². The van der Waals surface area contributed by atoms with Crippen LogP contribution in [0.2, 0.25) is 0 Å². The number of aryl methyl sites for hydroxylation is 1. The highest BCUT2D eigenvalue weighted by Crippen LogP contribution is 2.14. The Morgan fingerprint density at radius 3 is 2.94 bits per heavy atom. The number of nitro benzene ring substituents is 1. The molecule has 6 nitrogen and oxygen atoms in total. The number of rotatable bonds is 5. The topological polar surface area (TPSA) is 78.0 Å². The lowest BCUT2D eigenvalue weighted by molar-refractivity contribution is -0.384. The third-order valence-electron chi connectivity index (χ3n) is 2.54. The molecule has 0 N–H and O–H groups in total. The summed E-state index contributed by atoms with van der Waals surface area (Å²) in [5.74, 6) is -0.118. The van der Waals surface area contributed by atoms with Crippen LogP contribution in [0.3, 0.4) is 0 Å². The van der Waals surface area contributed by atoms with Crippen molar-refractivity contribution >= 4 is 11.5 Å². The van der Waals surface area contributed by atoms with E-state index in [4.69, 9.17) is 0 Å². The molecule has 2 aromatic rings. The molecule has 0 bridgehead atoms. The second kappa shape index (κ2) is 5.22. The number of non-ortho nitro benzene ring substituents is 1. The van der Waals surface area contributed by atoms with Gasteiger partial charge < -0.3 is 4.57 Å². The van der Waals surface area contributed by atoms with E-state index in [2.05, 4.69) is 4.98 Å². The monoisotopic (exact) mass is 245 g/mol. The average Bonchev–Trinajstić information content (AvgIpc) is 2.89. The SMILES string of the molecule is O=C(CCn1ccnc1)c1cccc([N+](=O)[O-])c1. The zero-order valence-electron chi connectivity index (χ0n) is 9.52. The van der Waals surface area contributed by atoms with Crippen LogP contribution < -0.4 is 0 Å². The zero-order valence-corrected chi connectivity index (χ0v) is 9.52. The number of Topliss-reactive ketones (excluding diaryl/α,β-unsaturated/α-hetero) is 1. The van der Waals surface area contributed by atoms with E-state index in [1.165, 1.54) is 18.2 Å². The van der Waals surface area contributed by atoms with Crippen molar-refractivity contribution < 1.29 is 9.72 Å². The van der Waals surface area contributed by atoms with Gasteiger partial charge in [-0.3, -0.25) is 14.9 Å². The van der Waals surface area contributed by atoms with Crippen molar-refractivity contribution in [3.8, 4) is 0 Å². The van der Waals surface area contributed by atoms with Gasteiger partial charge in [-0.15, -0.1) is 0 Å². The largest absolute Gasteiger partial charge is 0.337 e. The van der Waals surface area contributed by atoms with Crippen LogP contribution in [0.5, 0.6) is 0 Å². The molecular formula is C12H11N3O3. The van der Waals surface area contributed by atoms with Crippen molar-refractivity contribution in [3.63, 3.8) is 0 Å². The number of carbonyl (C=O) groups excluding carboxylic acids is 1. The van der Waals surface area contributed by atoms with Crippen LogP contribution in [0, 0.1) is 10.1 Å². The molecule has 18 heavy (non-hydrogen) atoms. The van der Waals surface area contributed by atoms with Gasteiger partial charge in [0.1, 0.15) is 0 Å². The molecule has 0 aliphatic carbocycles. The Balaban J connectivity index is 2.04. The maximum Gasteiger partial charge on any atom is 0.270 e. The van der Waals surface area contributed by atoms with Crippen molar-refractivity contribution in [2.75, 3.05) is 0 Å². The number of ketones is 1. The second-order valence-corrected chi connectivity index (χ2v) is 3.78. The molecule has 0 atom stereocenters. The first-order valence-corrected chi connectivity index (χ1v) is 5.40. The number of carbonyl (C=O) groups is 1. The fraction of sp³-hybridized carbons (Fsp3) is 0.167. The summed E-state index contributed by atoms with van der Waals surface area (Å²) < 4.78 is 1.79. The van der Waals surface area contributed by atoms with Crippen LogP contribution in [0.4, 0.5) is 5.69 Å². The smallest absolute Gasteiger partial charge is 0.270 e. The van der Waals surface area contributed by atoms with Crippen LogP contribution in [0.25, 0.3) is 0 Å². The van der Waals surface area contributed by atoms with Gasteiger partial charge in [-0.2, -0.15) is 0 Å². The van der Waals surface area contributed by atoms with Crippen LogP contribution in [-0.4, -0.2) is 20.3 Å². The van der Waals surface area contributed by atoms with E-state index in [9.17, 15) is 14.9 Å². The summed E-state index contributed by atoms with van der Waals surface area (Å²) in [5.41, 5.74) is 0.299. The molecule has 0 aliphatic rings. The standard InChI is InChI=1S/C12H11N3O3/c16-12(4-6-14-7-5-13-9-14)10-2-1-3-11(8-10)15(17)18/h1-3,5,7-9H,4,6H2. The van der Waals surface area contributed by atoms with Crippen LogP contribution in [0.15, 0.2) is 43.0 Å². The predicted octanol–water partition coefficient (Wildman–Crippen LogP) is 2.06. The fourth-order valence-electron chi connectivity index (χ4n) is 1.59. The Bertz CT molecular complexity index is 564. The maximum atomic E-state index is 11.9. The number of aromatic nitrogens is 2. The number of nitrogens with zero attached hydrogens (tertiary/aromatic N) is 3. The number of hydrogen-bond acceptors (Lipinski definition) is 4. The van der Waals surface area contributed by atoms with E-state index in [-0.39, 0.29) is 17.9 Å². The Morgan fingerprint density at radius 2 is 2.28 bits per heavy atom. The molecule has 2 rings (SSSR count). The van der Waals surface area contributed by atoms with Gasteiger partial charge in [0.05, 0.1) is 11.3 Å². The molecular weight excluding hydrogens is 234 g/mol. The Hall–Kier alpha value is -2.50. The Morgan fingerprint density at radius 1 is 1.44 bits per heavy atom. The summed E-state index contributed by atoms with van der Waals surface area (Å²) >= 11 is 0. The van der Waals surface area contributed by atoms with E-state index in [1.54, 1.807) is 29.4 Å². The molecule has 0 aliphatic heterocycles. The minimum absolute atomic E-state index is 0.0662.